The number of aryl methyl sites for hydroxylation is 1. The fourth-order valence-electron chi connectivity index (χ4n) is 2.79. The van der Waals surface area contributed by atoms with Crippen LogP contribution in [0, 0.1) is 6.92 Å². The van der Waals surface area contributed by atoms with Crippen molar-refractivity contribution in [3.05, 3.63) is 34.9 Å². The third-order valence-corrected chi connectivity index (χ3v) is 4.02. The van der Waals surface area contributed by atoms with Crippen molar-refractivity contribution in [1.29, 1.82) is 0 Å². The summed E-state index contributed by atoms with van der Waals surface area (Å²) >= 11 is 0. The van der Waals surface area contributed by atoms with Crippen molar-refractivity contribution in [2.24, 2.45) is 0 Å². The summed E-state index contributed by atoms with van der Waals surface area (Å²) in [4.78, 5) is 0. The van der Waals surface area contributed by atoms with Gasteiger partial charge in [0.25, 0.3) is 0 Å². The molecule has 0 aliphatic rings. The molecular formula is C16H22N6. The van der Waals surface area contributed by atoms with Crippen LogP contribution in [0.15, 0.2) is 12.1 Å². The van der Waals surface area contributed by atoms with Crippen LogP contribution in [0.4, 0.5) is 0 Å². The van der Waals surface area contributed by atoms with Gasteiger partial charge in [-0.25, -0.2) is 4.68 Å². The molecule has 0 unspecified atom stereocenters. The number of hydrogen-bond acceptors (Lipinski definition) is 4. The second-order valence-corrected chi connectivity index (χ2v) is 5.81. The van der Waals surface area contributed by atoms with Gasteiger partial charge in [0.05, 0.1) is 5.69 Å². The zero-order valence-corrected chi connectivity index (χ0v) is 13.8. The number of hydrogen-bond donors (Lipinski definition) is 0. The largest absolute Gasteiger partial charge is 0.217 e. The lowest BCUT2D eigenvalue weighted by Crippen LogP contribution is -2.09. The van der Waals surface area contributed by atoms with Crippen LogP contribution in [0.1, 0.15) is 56.4 Å². The molecular weight excluding hydrogens is 276 g/mol. The van der Waals surface area contributed by atoms with E-state index in [0.717, 1.165) is 35.8 Å². The Morgan fingerprint density at radius 3 is 2.45 bits per heavy atom. The number of rotatable bonds is 4. The van der Waals surface area contributed by atoms with Gasteiger partial charge in [0.15, 0.2) is 17.3 Å². The number of fused-ring (bicyclic) bond motifs is 1. The standard InChI is InChI=1S/C16H22N6/c1-6-12-11(5)13(7-2)21(19-12)15-9-8-14-17-18-16(10(3)4)22(14)20-15/h8-10H,6-7H2,1-5H3. The maximum absolute atomic E-state index is 4.74. The van der Waals surface area contributed by atoms with E-state index in [2.05, 4.69) is 44.8 Å². The van der Waals surface area contributed by atoms with E-state index < -0.39 is 0 Å². The van der Waals surface area contributed by atoms with E-state index in [1.165, 1.54) is 11.3 Å². The molecule has 22 heavy (non-hydrogen) atoms. The quantitative estimate of drug-likeness (QED) is 0.743. The summed E-state index contributed by atoms with van der Waals surface area (Å²) in [5, 5.41) is 17.9. The summed E-state index contributed by atoms with van der Waals surface area (Å²) in [6.07, 6.45) is 1.86. The second kappa shape index (κ2) is 5.51. The van der Waals surface area contributed by atoms with Crippen LogP contribution in [0.5, 0.6) is 0 Å². The lowest BCUT2D eigenvalue weighted by atomic mass is 10.1. The van der Waals surface area contributed by atoms with Gasteiger partial charge in [-0.1, -0.05) is 27.7 Å². The Balaban J connectivity index is 2.20. The highest BCUT2D eigenvalue weighted by Gasteiger charge is 2.16. The van der Waals surface area contributed by atoms with Gasteiger partial charge in [-0.15, -0.1) is 15.3 Å². The SMILES string of the molecule is CCc1nn(-c2ccc3nnc(C(C)C)n3n2)c(CC)c1C. The molecule has 0 radical (unpaired) electrons. The Bertz CT molecular complexity index is 812. The van der Waals surface area contributed by atoms with E-state index in [9.17, 15) is 0 Å². The molecule has 0 saturated heterocycles. The van der Waals surface area contributed by atoms with Crippen LogP contribution in [0.25, 0.3) is 11.5 Å². The predicted molar refractivity (Wildman–Crippen MR) is 85.5 cm³/mol. The van der Waals surface area contributed by atoms with E-state index in [0.29, 0.717) is 0 Å². The lowest BCUT2D eigenvalue weighted by Gasteiger charge is -2.07. The summed E-state index contributed by atoms with van der Waals surface area (Å²) in [7, 11) is 0. The summed E-state index contributed by atoms with van der Waals surface area (Å²) in [6, 6.07) is 3.91. The minimum Gasteiger partial charge on any atom is -0.217 e. The minimum absolute atomic E-state index is 0.272. The molecule has 0 aromatic carbocycles. The third-order valence-electron chi connectivity index (χ3n) is 4.02. The van der Waals surface area contributed by atoms with Crippen molar-refractivity contribution >= 4 is 5.65 Å². The molecule has 3 aromatic heterocycles. The maximum atomic E-state index is 4.74. The maximum Gasteiger partial charge on any atom is 0.178 e. The van der Waals surface area contributed by atoms with Gasteiger partial charge < -0.3 is 0 Å². The highest BCUT2D eigenvalue weighted by atomic mass is 15.4. The molecule has 3 aromatic rings. The van der Waals surface area contributed by atoms with E-state index in [1.807, 2.05) is 21.3 Å². The average molecular weight is 298 g/mol. The van der Waals surface area contributed by atoms with E-state index in [4.69, 9.17) is 10.2 Å². The Kier molecular flexibility index (Phi) is 3.68. The zero-order chi connectivity index (χ0) is 15.9. The molecule has 0 fully saturated rings. The zero-order valence-electron chi connectivity index (χ0n) is 13.8. The summed E-state index contributed by atoms with van der Waals surface area (Å²) in [6.45, 7) is 10.6. The van der Waals surface area contributed by atoms with Gasteiger partial charge in [0.2, 0.25) is 0 Å². The first-order valence-corrected chi connectivity index (χ1v) is 7.86. The Hall–Kier alpha value is -2.24. The van der Waals surface area contributed by atoms with Crippen molar-refractivity contribution in [3.63, 3.8) is 0 Å². The molecule has 6 nitrogen and oxygen atoms in total. The Morgan fingerprint density at radius 2 is 1.82 bits per heavy atom. The second-order valence-electron chi connectivity index (χ2n) is 5.81. The molecule has 0 spiro atoms. The van der Waals surface area contributed by atoms with Gasteiger partial charge in [-0.3, -0.25) is 0 Å². The predicted octanol–water partition coefficient (Wildman–Crippen LogP) is 2.87. The Labute approximate surface area is 130 Å². The Morgan fingerprint density at radius 1 is 1.05 bits per heavy atom. The van der Waals surface area contributed by atoms with E-state index in [1.54, 1.807) is 0 Å². The van der Waals surface area contributed by atoms with Gasteiger partial charge in [0, 0.05) is 11.6 Å². The lowest BCUT2D eigenvalue weighted by molar-refractivity contribution is 0.692. The van der Waals surface area contributed by atoms with Gasteiger partial charge in [0.1, 0.15) is 0 Å². The molecule has 0 saturated carbocycles. The molecule has 3 rings (SSSR count). The van der Waals surface area contributed by atoms with Crippen LogP contribution >= 0.6 is 0 Å². The molecule has 0 N–H and O–H groups in total. The summed E-state index contributed by atoms with van der Waals surface area (Å²) in [5.74, 6) is 1.96. The van der Waals surface area contributed by atoms with Crippen molar-refractivity contribution in [2.75, 3.05) is 0 Å². The fourth-order valence-corrected chi connectivity index (χ4v) is 2.79. The van der Waals surface area contributed by atoms with E-state index in [-0.39, 0.29) is 5.92 Å². The monoisotopic (exact) mass is 298 g/mol. The fraction of sp³-hybridized carbons (Fsp3) is 0.500. The molecule has 116 valence electrons. The van der Waals surface area contributed by atoms with Crippen molar-refractivity contribution < 1.29 is 0 Å². The van der Waals surface area contributed by atoms with Gasteiger partial charge >= 0.3 is 0 Å². The molecule has 0 bridgehead atoms. The molecule has 3 heterocycles. The molecule has 0 aliphatic heterocycles. The van der Waals surface area contributed by atoms with E-state index >= 15 is 0 Å². The number of aromatic nitrogens is 6. The van der Waals surface area contributed by atoms with Crippen LogP contribution in [0.2, 0.25) is 0 Å². The first-order valence-electron chi connectivity index (χ1n) is 7.86. The molecule has 0 aliphatic carbocycles. The van der Waals surface area contributed by atoms with Crippen LogP contribution in [0.3, 0.4) is 0 Å². The molecule has 6 heteroatoms. The van der Waals surface area contributed by atoms with Gasteiger partial charge in [-0.05, 0) is 37.5 Å². The average Bonchev–Trinajstić information content (AvgIpc) is 3.07. The first kappa shape index (κ1) is 14.7. The van der Waals surface area contributed by atoms with Crippen LogP contribution < -0.4 is 0 Å². The van der Waals surface area contributed by atoms with Crippen molar-refractivity contribution in [2.45, 2.75) is 53.4 Å². The smallest absolute Gasteiger partial charge is 0.178 e. The third kappa shape index (κ3) is 2.19. The normalized spacial score (nSPS) is 11.7. The van der Waals surface area contributed by atoms with Gasteiger partial charge in [-0.2, -0.15) is 9.61 Å². The van der Waals surface area contributed by atoms with Crippen molar-refractivity contribution in [3.8, 4) is 5.82 Å². The summed E-state index contributed by atoms with van der Waals surface area (Å²) in [5.41, 5.74) is 4.37. The first-order chi connectivity index (χ1) is 10.6. The molecule has 0 atom stereocenters. The van der Waals surface area contributed by atoms with Crippen LogP contribution in [-0.4, -0.2) is 29.6 Å². The topological polar surface area (TPSA) is 60.9 Å². The highest BCUT2D eigenvalue weighted by molar-refractivity contribution is 5.41. The summed E-state index contributed by atoms with van der Waals surface area (Å²) < 4.78 is 3.78. The highest BCUT2D eigenvalue weighted by Crippen LogP contribution is 2.19. The molecule has 0 amide bonds. The minimum atomic E-state index is 0.272. The number of nitrogens with zero attached hydrogens (tertiary/aromatic N) is 6. The van der Waals surface area contributed by atoms with Crippen molar-refractivity contribution in [1.82, 2.24) is 29.6 Å². The van der Waals surface area contributed by atoms with Crippen LogP contribution in [-0.2, 0) is 12.8 Å².